The number of rotatable bonds is 9. The molecule has 166 valence electrons. The number of benzene rings is 3. The second-order valence-corrected chi connectivity index (χ2v) is 7.21. The maximum absolute atomic E-state index is 13.4. The van der Waals surface area contributed by atoms with E-state index in [0.29, 0.717) is 17.7 Å². The maximum atomic E-state index is 13.4. The Morgan fingerprint density at radius 3 is 2.06 bits per heavy atom. The van der Waals surface area contributed by atoms with Crippen LogP contribution < -0.4 is 10.1 Å². The molecule has 0 saturated carbocycles. The van der Waals surface area contributed by atoms with Gasteiger partial charge in [0.05, 0.1) is 0 Å². The van der Waals surface area contributed by atoms with E-state index in [1.807, 2.05) is 30.3 Å². The van der Waals surface area contributed by atoms with Crippen molar-refractivity contribution in [1.82, 2.24) is 10.2 Å². The lowest BCUT2D eigenvalue weighted by Crippen LogP contribution is -2.51. The van der Waals surface area contributed by atoms with Crippen LogP contribution >= 0.6 is 0 Å². The summed E-state index contributed by atoms with van der Waals surface area (Å²) in [5, 5.41) is 2.62. The maximum Gasteiger partial charge on any atom is 0.261 e. The second kappa shape index (κ2) is 11.0. The minimum atomic E-state index is -0.809. The van der Waals surface area contributed by atoms with Crippen LogP contribution in [-0.4, -0.2) is 36.4 Å². The molecule has 0 radical (unpaired) electrons. The van der Waals surface area contributed by atoms with Crippen molar-refractivity contribution in [1.29, 1.82) is 0 Å². The van der Waals surface area contributed by atoms with E-state index in [-0.39, 0.29) is 19.1 Å². The summed E-state index contributed by atoms with van der Waals surface area (Å²) in [5.41, 5.74) is 1.56. The molecule has 3 rings (SSSR count). The highest BCUT2D eigenvalue weighted by Gasteiger charge is 2.30. The van der Waals surface area contributed by atoms with Gasteiger partial charge in [0.25, 0.3) is 5.91 Å². The molecule has 1 N–H and O–H groups in total. The molecule has 0 aliphatic heterocycles. The van der Waals surface area contributed by atoms with Gasteiger partial charge in [-0.1, -0.05) is 42.5 Å². The number of hydrogen-bond acceptors (Lipinski definition) is 3. The van der Waals surface area contributed by atoms with Gasteiger partial charge in [-0.15, -0.1) is 0 Å². The van der Waals surface area contributed by atoms with Crippen LogP contribution in [0.2, 0.25) is 0 Å². The molecule has 0 unspecified atom stereocenters. The molecule has 0 aromatic heterocycles. The lowest BCUT2D eigenvalue weighted by atomic mass is 10.0. The summed E-state index contributed by atoms with van der Waals surface area (Å²) in [6, 6.07) is 19.6. The van der Waals surface area contributed by atoms with E-state index in [1.165, 1.54) is 48.3 Å². The summed E-state index contributed by atoms with van der Waals surface area (Å²) in [5.74, 6) is -1.22. The van der Waals surface area contributed by atoms with Crippen molar-refractivity contribution in [2.45, 2.75) is 19.0 Å². The third-order valence-corrected chi connectivity index (χ3v) is 4.96. The van der Waals surface area contributed by atoms with E-state index >= 15 is 0 Å². The van der Waals surface area contributed by atoms with E-state index in [9.17, 15) is 18.4 Å². The highest BCUT2D eigenvalue weighted by Crippen LogP contribution is 2.17. The first-order chi connectivity index (χ1) is 15.5. The van der Waals surface area contributed by atoms with Crippen LogP contribution in [0.15, 0.2) is 78.9 Å². The highest BCUT2D eigenvalue weighted by atomic mass is 19.1. The quantitative estimate of drug-likeness (QED) is 0.554. The van der Waals surface area contributed by atoms with Crippen LogP contribution in [0.5, 0.6) is 5.75 Å². The largest absolute Gasteiger partial charge is 0.484 e. The zero-order valence-corrected chi connectivity index (χ0v) is 17.6. The van der Waals surface area contributed by atoms with E-state index in [4.69, 9.17) is 4.74 Å². The number of ether oxygens (including phenoxy) is 1. The number of nitrogens with zero attached hydrogens (tertiary/aromatic N) is 1. The third-order valence-electron chi connectivity index (χ3n) is 4.96. The van der Waals surface area contributed by atoms with Gasteiger partial charge in [0.15, 0.2) is 6.61 Å². The Balaban J connectivity index is 1.85. The molecule has 3 aromatic carbocycles. The van der Waals surface area contributed by atoms with Crippen molar-refractivity contribution < 1.29 is 23.1 Å². The fourth-order valence-electron chi connectivity index (χ4n) is 3.27. The van der Waals surface area contributed by atoms with Gasteiger partial charge in [0, 0.05) is 20.0 Å². The van der Waals surface area contributed by atoms with Gasteiger partial charge in [0.2, 0.25) is 5.91 Å². The Hall–Kier alpha value is -3.74. The van der Waals surface area contributed by atoms with Crippen molar-refractivity contribution in [3.8, 4) is 5.75 Å². The summed E-state index contributed by atoms with van der Waals surface area (Å²) >= 11 is 0. The predicted molar refractivity (Wildman–Crippen MR) is 117 cm³/mol. The minimum absolute atomic E-state index is 0.0941. The summed E-state index contributed by atoms with van der Waals surface area (Å²) < 4.78 is 32.0. The van der Waals surface area contributed by atoms with Crippen LogP contribution in [0.1, 0.15) is 11.1 Å². The summed E-state index contributed by atoms with van der Waals surface area (Å²) in [4.78, 5) is 27.4. The van der Waals surface area contributed by atoms with Crippen molar-refractivity contribution in [3.05, 3.63) is 102 Å². The van der Waals surface area contributed by atoms with Crippen LogP contribution in [0, 0.1) is 11.6 Å². The molecule has 0 bridgehead atoms. The Bertz CT molecular complexity index is 1030. The average molecular weight is 438 g/mol. The molecule has 0 saturated heterocycles. The van der Waals surface area contributed by atoms with E-state index in [0.717, 1.165) is 5.56 Å². The van der Waals surface area contributed by atoms with Crippen LogP contribution in [-0.2, 0) is 22.6 Å². The number of carbonyl (C=O) groups is 2. The summed E-state index contributed by atoms with van der Waals surface area (Å²) in [7, 11) is 1.51. The van der Waals surface area contributed by atoms with Crippen molar-refractivity contribution in [2.24, 2.45) is 0 Å². The first kappa shape index (κ1) is 22.9. The molecule has 2 amide bonds. The molecule has 32 heavy (non-hydrogen) atoms. The first-order valence-electron chi connectivity index (χ1n) is 10.1. The van der Waals surface area contributed by atoms with Gasteiger partial charge < -0.3 is 15.0 Å². The Morgan fingerprint density at radius 2 is 1.47 bits per heavy atom. The molecular formula is C25H24F2N2O3. The number of amides is 2. The van der Waals surface area contributed by atoms with Crippen LogP contribution in [0.25, 0.3) is 0 Å². The van der Waals surface area contributed by atoms with E-state index in [2.05, 4.69) is 5.32 Å². The molecule has 3 aromatic rings. The van der Waals surface area contributed by atoms with Gasteiger partial charge in [0.1, 0.15) is 23.4 Å². The van der Waals surface area contributed by atoms with Gasteiger partial charge in [-0.3, -0.25) is 9.59 Å². The Kier molecular flexibility index (Phi) is 7.91. The lowest BCUT2D eigenvalue weighted by molar-refractivity contribution is -0.142. The molecule has 0 heterocycles. The lowest BCUT2D eigenvalue weighted by Gasteiger charge is -2.31. The monoisotopic (exact) mass is 438 g/mol. The molecular weight excluding hydrogens is 414 g/mol. The van der Waals surface area contributed by atoms with Gasteiger partial charge in [-0.05, 0) is 47.5 Å². The van der Waals surface area contributed by atoms with Gasteiger partial charge >= 0.3 is 0 Å². The Labute approximate surface area is 185 Å². The molecule has 1 atom stereocenters. The second-order valence-electron chi connectivity index (χ2n) is 7.21. The fourth-order valence-corrected chi connectivity index (χ4v) is 3.27. The topological polar surface area (TPSA) is 58.6 Å². The number of nitrogens with one attached hydrogen (secondary N) is 1. The third kappa shape index (κ3) is 6.38. The van der Waals surface area contributed by atoms with Crippen molar-refractivity contribution in [2.75, 3.05) is 13.7 Å². The normalized spacial score (nSPS) is 11.5. The molecule has 0 aliphatic carbocycles. The van der Waals surface area contributed by atoms with Crippen molar-refractivity contribution in [3.63, 3.8) is 0 Å². The number of carbonyl (C=O) groups excluding carboxylic acids is 2. The van der Waals surface area contributed by atoms with Gasteiger partial charge in [-0.2, -0.15) is 0 Å². The van der Waals surface area contributed by atoms with E-state index in [1.54, 1.807) is 12.1 Å². The predicted octanol–water partition coefficient (Wildman–Crippen LogP) is 3.73. The SMILES string of the molecule is CNC(=O)[C@H](Cc1ccccc1)N(Cc1ccc(F)cc1)C(=O)COc1ccc(F)cc1. The average Bonchev–Trinajstić information content (AvgIpc) is 2.82. The molecule has 0 fully saturated rings. The number of likely N-dealkylation sites (N-methyl/N-ethyl adjacent to an activating group) is 1. The molecule has 7 heteroatoms. The fraction of sp³-hybridized carbons (Fsp3) is 0.200. The summed E-state index contributed by atoms with van der Waals surface area (Å²) in [6.07, 6.45) is 0.296. The minimum Gasteiger partial charge on any atom is -0.484 e. The number of halogens is 2. The summed E-state index contributed by atoms with van der Waals surface area (Å²) in [6.45, 7) is -0.244. The first-order valence-corrected chi connectivity index (χ1v) is 10.1. The number of hydrogen-bond donors (Lipinski definition) is 1. The van der Waals surface area contributed by atoms with Gasteiger partial charge in [-0.25, -0.2) is 8.78 Å². The van der Waals surface area contributed by atoms with E-state index < -0.39 is 23.6 Å². The molecule has 0 spiro atoms. The van der Waals surface area contributed by atoms with Crippen LogP contribution in [0.4, 0.5) is 8.78 Å². The highest BCUT2D eigenvalue weighted by molar-refractivity contribution is 5.88. The van der Waals surface area contributed by atoms with Crippen LogP contribution in [0.3, 0.4) is 0 Å². The standard InChI is InChI=1S/C25H24F2N2O3/c1-28-25(31)23(15-18-5-3-2-4-6-18)29(16-19-7-9-20(26)10-8-19)24(30)17-32-22-13-11-21(27)12-14-22/h2-14,23H,15-17H2,1H3,(H,28,31)/t23-/m0/s1. The smallest absolute Gasteiger partial charge is 0.261 e. The molecule has 5 nitrogen and oxygen atoms in total. The molecule has 0 aliphatic rings. The zero-order chi connectivity index (χ0) is 22.9. The van der Waals surface area contributed by atoms with Crippen molar-refractivity contribution >= 4 is 11.8 Å². The zero-order valence-electron chi connectivity index (χ0n) is 17.6. The Morgan fingerprint density at radius 1 is 0.875 bits per heavy atom.